The van der Waals surface area contributed by atoms with Crippen LogP contribution in [-0.2, 0) is 0 Å². The van der Waals surface area contributed by atoms with E-state index in [0.717, 1.165) is 5.56 Å². The fourth-order valence-corrected chi connectivity index (χ4v) is 3.31. The molecule has 0 bridgehead atoms. The number of aromatic nitrogens is 1. The van der Waals surface area contributed by atoms with Gasteiger partial charge in [0.15, 0.2) is 6.23 Å². The normalized spacial score (nSPS) is 16.5. The second kappa shape index (κ2) is 10.2. The van der Waals surface area contributed by atoms with Gasteiger partial charge in [-0.1, -0.05) is 48.0 Å². The van der Waals surface area contributed by atoms with Crippen LogP contribution in [0.25, 0.3) is 6.08 Å². The zero-order valence-corrected chi connectivity index (χ0v) is 18.0. The molecule has 1 amide bonds. The van der Waals surface area contributed by atoms with Crippen LogP contribution in [0.5, 0.6) is 0 Å². The molecule has 4 rings (SSSR count). The number of hydrazone groups is 1. The monoisotopic (exact) mass is 461 g/mol. The number of nitrogens with one attached hydrogen (secondary N) is 2. The Morgan fingerprint density at radius 3 is 2.67 bits per heavy atom. The summed E-state index contributed by atoms with van der Waals surface area (Å²) in [4.78, 5) is 20.8. The lowest BCUT2D eigenvalue weighted by molar-refractivity contribution is 0.0954. The predicted molar refractivity (Wildman–Crippen MR) is 129 cm³/mol. The predicted octanol–water partition coefficient (Wildman–Crippen LogP) is 3.41. The van der Waals surface area contributed by atoms with Gasteiger partial charge in [0.05, 0.1) is 11.4 Å². The second-order valence-electron chi connectivity index (χ2n) is 7.09. The molecule has 33 heavy (non-hydrogen) atoms. The average Bonchev–Trinajstić information content (AvgIpc) is 2.84. The number of nitrogens with zero attached hydrogens (tertiary/aromatic N) is 3. The number of carbonyl (C=O) groups is 1. The van der Waals surface area contributed by atoms with Crippen LogP contribution in [0.4, 0.5) is 11.4 Å². The van der Waals surface area contributed by atoms with E-state index in [1.54, 1.807) is 24.3 Å². The molecule has 8 nitrogen and oxygen atoms in total. The quantitative estimate of drug-likeness (QED) is 0.331. The third-order valence-corrected chi connectivity index (χ3v) is 5.02. The van der Waals surface area contributed by atoms with E-state index in [0.29, 0.717) is 22.0 Å². The maximum atomic E-state index is 12.5. The van der Waals surface area contributed by atoms with Crippen LogP contribution in [-0.4, -0.2) is 44.9 Å². The summed E-state index contributed by atoms with van der Waals surface area (Å²) in [5.74, 6) is -0.500. The molecule has 1 aromatic heterocycles. The molecule has 166 valence electrons. The van der Waals surface area contributed by atoms with Gasteiger partial charge < -0.3 is 15.5 Å². The Bertz CT molecular complexity index is 1230. The van der Waals surface area contributed by atoms with Gasteiger partial charge in [-0.3, -0.25) is 9.78 Å². The van der Waals surface area contributed by atoms with Crippen molar-refractivity contribution in [3.8, 4) is 0 Å². The van der Waals surface area contributed by atoms with E-state index in [-0.39, 0.29) is 11.4 Å². The number of benzene rings is 2. The van der Waals surface area contributed by atoms with Gasteiger partial charge in [-0.05, 0) is 42.0 Å². The molecule has 0 spiro atoms. The molecule has 0 aliphatic carbocycles. The van der Waals surface area contributed by atoms with E-state index >= 15 is 0 Å². The van der Waals surface area contributed by atoms with Gasteiger partial charge in [-0.15, -0.1) is 0 Å². The Morgan fingerprint density at radius 2 is 1.91 bits per heavy atom. The lowest BCUT2D eigenvalue weighted by Crippen LogP contribution is -2.42. The van der Waals surface area contributed by atoms with Crippen LogP contribution in [0.1, 0.15) is 15.9 Å². The smallest absolute Gasteiger partial charge is 0.271 e. The molecule has 4 N–H and O–H groups in total. The number of fused-ring (bicyclic) bond motifs is 1. The van der Waals surface area contributed by atoms with Crippen molar-refractivity contribution in [2.45, 2.75) is 12.3 Å². The minimum atomic E-state index is -1.28. The summed E-state index contributed by atoms with van der Waals surface area (Å²) in [7, 11) is 0. The van der Waals surface area contributed by atoms with Crippen LogP contribution in [0, 0.1) is 0 Å². The van der Waals surface area contributed by atoms with Crippen molar-refractivity contribution < 1.29 is 15.0 Å². The number of anilines is 1. The van der Waals surface area contributed by atoms with Crippen LogP contribution in [0.15, 0.2) is 89.2 Å². The number of aliphatic imine (C=N–C) groups is 1. The van der Waals surface area contributed by atoms with Crippen molar-refractivity contribution in [1.29, 1.82) is 0 Å². The van der Waals surface area contributed by atoms with Crippen molar-refractivity contribution in [3.05, 3.63) is 95.3 Å². The van der Waals surface area contributed by atoms with Gasteiger partial charge in [0.25, 0.3) is 5.91 Å². The summed E-state index contributed by atoms with van der Waals surface area (Å²) in [6.45, 7) is 0. The number of hydrogen-bond acceptors (Lipinski definition) is 7. The number of rotatable bonds is 6. The van der Waals surface area contributed by atoms with Gasteiger partial charge in [0.2, 0.25) is 0 Å². The number of pyridine rings is 1. The first kappa shape index (κ1) is 22.3. The van der Waals surface area contributed by atoms with Crippen molar-refractivity contribution >= 4 is 46.4 Å². The Hall–Kier alpha value is -3.85. The highest BCUT2D eigenvalue weighted by atomic mass is 35.5. The van der Waals surface area contributed by atoms with E-state index in [1.807, 2.05) is 30.3 Å². The molecule has 2 aromatic carbocycles. The summed E-state index contributed by atoms with van der Waals surface area (Å²) in [5, 5.41) is 29.0. The van der Waals surface area contributed by atoms with Crippen molar-refractivity contribution in [3.63, 3.8) is 0 Å². The molecular weight excluding hydrogens is 442 g/mol. The first-order chi connectivity index (χ1) is 16.0. The highest BCUT2D eigenvalue weighted by Gasteiger charge is 2.28. The van der Waals surface area contributed by atoms with E-state index < -0.39 is 18.2 Å². The number of halogens is 1. The first-order valence-corrected chi connectivity index (χ1v) is 10.4. The van der Waals surface area contributed by atoms with Crippen LogP contribution in [0.2, 0.25) is 5.02 Å². The van der Waals surface area contributed by atoms with Gasteiger partial charge in [-0.25, -0.2) is 10.4 Å². The zero-order chi connectivity index (χ0) is 23.2. The molecule has 0 unspecified atom stereocenters. The summed E-state index contributed by atoms with van der Waals surface area (Å²) in [5.41, 5.74) is 4.70. The van der Waals surface area contributed by atoms with E-state index in [2.05, 4.69) is 25.8 Å². The van der Waals surface area contributed by atoms with Crippen LogP contribution < -0.4 is 10.7 Å². The highest BCUT2D eigenvalue weighted by molar-refractivity contribution is 6.47. The molecule has 1 aliphatic rings. The fourth-order valence-electron chi connectivity index (χ4n) is 3.14. The molecule has 2 heterocycles. The molecule has 3 aromatic rings. The zero-order valence-electron chi connectivity index (χ0n) is 17.3. The third kappa shape index (κ3) is 5.50. The van der Waals surface area contributed by atoms with Gasteiger partial charge in [0, 0.05) is 23.0 Å². The second-order valence-corrected chi connectivity index (χ2v) is 7.53. The molecule has 0 saturated heterocycles. The number of carbonyl (C=O) groups excluding carboxylic acids is 1. The molecule has 0 saturated carbocycles. The summed E-state index contributed by atoms with van der Waals surface area (Å²) in [6, 6.07) is 17.4. The van der Waals surface area contributed by atoms with Crippen LogP contribution >= 0.6 is 11.6 Å². The number of aliphatic hydroxyl groups is 2. The lowest BCUT2D eigenvalue weighted by atomic mass is 10.0. The SMILES string of the molecule is O=C(N/N=C(/C1=Nc2ccc(Cl)cc2N[C@@H]1O)[C@@H](O)/C=C\c1ccccc1)c1ccncc1. The Morgan fingerprint density at radius 1 is 1.15 bits per heavy atom. The largest absolute Gasteiger partial charge is 0.383 e. The lowest BCUT2D eigenvalue weighted by Gasteiger charge is -2.25. The van der Waals surface area contributed by atoms with Crippen molar-refractivity contribution in [1.82, 2.24) is 10.4 Å². The number of amides is 1. The average molecular weight is 462 g/mol. The van der Waals surface area contributed by atoms with E-state index in [9.17, 15) is 15.0 Å². The summed E-state index contributed by atoms with van der Waals surface area (Å²) >= 11 is 6.02. The summed E-state index contributed by atoms with van der Waals surface area (Å²) < 4.78 is 0. The Labute approximate surface area is 195 Å². The standard InChI is InChI=1S/C24H20ClN5O3/c25-17-7-8-18-19(14-17)28-24(33)22(27-18)21(20(31)9-6-15-4-2-1-3-5-15)29-30-23(32)16-10-12-26-13-11-16/h1-14,20,24,28,31,33H,(H,30,32)/b9-6-,29-21+/t20-,24+/m0/s1. The molecule has 2 atom stereocenters. The van der Waals surface area contributed by atoms with Gasteiger partial charge in [0.1, 0.15) is 17.5 Å². The number of aliphatic hydroxyl groups excluding tert-OH is 2. The maximum Gasteiger partial charge on any atom is 0.271 e. The van der Waals surface area contributed by atoms with Gasteiger partial charge >= 0.3 is 0 Å². The molecule has 1 aliphatic heterocycles. The van der Waals surface area contributed by atoms with E-state index in [4.69, 9.17) is 11.6 Å². The number of hydrogen-bond donors (Lipinski definition) is 4. The molecule has 0 radical (unpaired) electrons. The molecular formula is C24H20ClN5O3. The molecule has 0 fully saturated rings. The summed E-state index contributed by atoms with van der Waals surface area (Å²) in [6.07, 6.45) is 3.62. The van der Waals surface area contributed by atoms with Gasteiger partial charge in [-0.2, -0.15) is 5.10 Å². The minimum absolute atomic E-state index is 0.0230. The van der Waals surface area contributed by atoms with Crippen molar-refractivity contribution in [2.24, 2.45) is 10.1 Å². The van der Waals surface area contributed by atoms with E-state index in [1.165, 1.54) is 30.6 Å². The topological polar surface area (TPSA) is 119 Å². The minimum Gasteiger partial charge on any atom is -0.383 e. The highest BCUT2D eigenvalue weighted by Crippen LogP contribution is 2.32. The van der Waals surface area contributed by atoms with Crippen molar-refractivity contribution in [2.75, 3.05) is 5.32 Å². The third-order valence-electron chi connectivity index (χ3n) is 4.78. The Balaban J connectivity index is 1.68. The maximum absolute atomic E-state index is 12.5. The fraction of sp³-hybridized carbons (Fsp3) is 0.0833. The Kier molecular flexibility index (Phi) is 6.89. The molecule has 9 heteroatoms. The first-order valence-electron chi connectivity index (χ1n) is 10.0. The van der Waals surface area contributed by atoms with Crippen LogP contribution in [0.3, 0.4) is 0 Å².